The van der Waals surface area contributed by atoms with Crippen LogP contribution in [0.15, 0.2) is 16.6 Å². The number of rotatable bonds is 5. The summed E-state index contributed by atoms with van der Waals surface area (Å²) in [4.78, 5) is 9.45. The van der Waals surface area contributed by atoms with Crippen molar-refractivity contribution in [3.63, 3.8) is 0 Å². The normalized spacial score (nSPS) is 11.4. The van der Waals surface area contributed by atoms with Crippen LogP contribution in [0.4, 0.5) is 18.9 Å². The first-order valence-electron chi connectivity index (χ1n) is 4.46. The zero-order valence-corrected chi connectivity index (χ0v) is 10.5. The van der Waals surface area contributed by atoms with Gasteiger partial charge in [-0.15, -0.1) is 0 Å². The van der Waals surface area contributed by atoms with Crippen LogP contribution in [0.1, 0.15) is 0 Å². The van der Waals surface area contributed by atoms with E-state index in [4.69, 9.17) is 0 Å². The summed E-state index contributed by atoms with van der Waals surface area (Å²) < 4.78 is 47.9. The summed E-state index contributed by atoms with van der Waals surface area (Å²) in [5, 5.41) is 10.6. The third-order valence-corrected chi connectivity index (χ3v) is 2.21. The summed E-state index contributed by atoms with van der Waals surface area (Å²) in [5.74, 6) is -2.16. The molecule has 0 atom stereocenters. The predicted octanol–water partition coefficient (Wildman–Crippen LogP) is 3.11. The molecule has 0 bridgehead atoms. The van der Waals surface area contributed by atoms with Gasteiger partial charge in [-0.05, 0) is 6.07 Å². The third kappa shape index (κ3) is 3.57. The Morgan fingerprint density at radius 1 is 1.50 bits per heavy atom. The maximum atomic E-state index is 13.3. The molecule has 1 rings (SSSR count). The molecule has 0 heterocycles. The van der Waals surface area contributed by atoms with E-state index in [1.54, 1.807) is 0 Å². The molecule has 0 aliphatic carbocycles. The van der Waals surface area contributed by atoms with E-state index in [0.717, 1.165) is 19.2 Å². The lowest BCUT2D eigenvalue weighted by atomic mass is 10.3. The van der Waals surface area contributed by atoms with Gasteiger partial charge in [0.05, 0.1) is 4.92 Å². The molecule has 0 radical (unpaired) electrons. The molecule has 0 aliphatic rings. The van der Waals surface area contributed by atoms with Crippen molar-refractivity contribution < 1.29 is 27.6 Å². The van der Waals surface area contributed by atoms with E-state index in [1.165, 1.54) is 0 Å². The van der Waals surface area contributed by atoms with E-state index in [2.05, 4.69) is 25.4 Å². The van der Waals surface area contributed by atoms with Crippen molar-refractivity contribution in [2.75, 3.05) is 13.7 Å². The Bertz CT molecular complexity index is 469. The molecule has 0 amide bonds. The first-order chi connectivity index (χ1) is 8.26. The van der Waals surface area contributed by atoms with E-state index in [9.17, 15) is 23.3 Å². The molecular formula is C9H7BrF3NO4. The van der Waals surface area contributed by atoms with E-state index in [0.29, 0.717) is 0 Å². The van der Waals surface area contributed by atoms with E-state index >= 15 is 0 Å². The highest BCUT2D eigenvalue weighted by molar-refractivity contribution is 9.10. The van der Waals surface area contributed by atoms with Gasteiger partial charge in [0.2, 0.25) is 11.6 Å². The third-order valence-electron chi connectivity index (χ3n) is 1.75. The predicted molar refractivity (Wildman–Crippen MR) is 58.2 cm³/mol. The number of halogens is 4. The fourth-order valence-electron chi connectivity index (χ4n) is 1.16. The minimum Gasteiger partial charge on any atom is -0.423 e. The summed E-state index contributed by atoms with van der Waals surface area (Å²) in [5.41, 5.74) is -1.16. The van der Waals surface area contributed by atoms with Gasteiger partial charge >= 0.3 is 11.8 Å². The molecule has 9 heteroatoms. The monoisotopic (exact) mass is 329 g/mol. The lowest BCUT2D eigenvalue weighted by Gasteiger charge is -2.17. The van der Waals surface area contributed by atoms with Crippen LogP contribution in [0, 0.1) is 15.9 Å². The highest BCUT2D eigenvalue weighted by Crippen LogP contribution is 2.36. The van der Waals surface area contributed by atoms with Crippen molar-refractivity contribution in [1.82, 2.24) is 0 Å². The van der Waals surface area contributed by atoms with E-state index in [-0.39, 0.29) is 4.47 Å². The number of hydrogen-bond acceptors (Lipinski definition) is 4. The molecule has 5 nitrogen and oxygen atoms in total. The quantitative estimate of drug-likeness (QED) is 0.615. The first kappa shape index (κ1) is 14.7. The summed E-state index contributed by atoms with van der Waals surface area (Å²) in [6.07, 6.45) is -3.80. The smallest absolute Gasteiger partial charge is 0.422 e. The Morgan fingerprint density at radius 3 is 2.61 bits per heavy atom. The summed E-state index contributed by atoms with van der Waals surface area (Å²) in [6, 6.07) is 1.66. The molecule has 18 heavy (non-hydrogen) atoms. The second kappa shape index (κ2) is 5.53. The number of hydrogen-bond donors (Lipinski definition) is 0. The van der Waals surface area contributed by atoms with Crippen molar-refractivity contribution >= 4 is 21.6 Å². The van der Waals surface area contributed by atoms with Crippen molar-refractivity contribution in [3.05, 3.63) is 32.5 Å². The summed E-state index contributed by atoms with van der Waals surface area (Å²) in [6.45, 7) is -1.11. The van der Waals surface area contributed by atoms with Crippen LogP contribution in [0.25, 0.3) is 0 Å². The Hall–Kier alpha value is -1.35. The second-order valence-corrected chi connectivity index (χ2v) is 4.08. The molecule has 0 aliphatic heterocycles. The molecule has 100 valence electrons. The molecule has 1 aromatic carbocycles. The molecule has 0 unspecified atom stereocenters. The Morgan fingerprint density at radius 2 is 2.11 bits per heavy atom. The standard InChI is InChI=1S/C9H7BrF3NO4/c1-17-4-9(12,13)18-7-3-5(10)2-6(11)8(7)14(15)16/h2-3H,4H2,1H3. The molecule has 0 aromatic heterocycles. The summed E-state index contributed by atoms with van der Waals surface area (Å²) >= 11 is 2.82. The molecule has 0 saturated heterocycles. The largest absolute Gasteiger partial charge is 0.423 e. The summed E-state index contributed by atoms with van der Waals surface area (Å²) in [7, 11) is 1.01. The van der Waals surface area contributed by atoms with Crippen LogP contribution in [0.2, 0.25) is 0 Å². The molecule has 0 N–H and O–H groups in total. The van der Waals surface area contributed by atoms with Gasteiger partial charge < -0.3 is 9.47 Å². The van der Waals surface area contributed by atoms with Crippen LogP contribution < -0.4 is 4.74 Å². The van der Waals surface area contributed by atoms with E-state index in [1.807, 2.05) is 0 Å². The van der Waals surface area contributed by atoms with Gasteiger partial charge in [0.15, 0.2) is 0 Å². The van der Waals surface area contributed by atoms with Gasteiger partial charge in [0.25, 0.3) is 0 Å². The maximum Gasteiger partial charge on any atom is 0.422 e. The zero-order valence-electron chi connectivity index (χ0n) is 8.95. The Balaban J connectivity index is 3.19. The fourth-order valence-corrected chi connectivity index (χ4v) is 1.56. The van der Waals surface area contributed by atoms with Gasteiger partial charge in [0, 0.05) is 17.6 Å². The van der Waals surface area contributed by atoms with Crippen LogP contribution in [-0.4, -0.2) is 24.7 Å². The highest BCUT2D eigenvalue weighted by atomic mass is 79.9. The van der Waals surface area contributed by atoms with Gasteiger partial charge in [-0.2, -0.15) is 13.2 Å². The average Bonchev–Trinajstić information content (AvgIpc) is 2.13. The lowest BCUT2D eigenvalue weighted by molar-refractivity contribution is -0.390. The average molecular weight is 330 g/mol. The Kier molecular flexibility index (Phi) is 4.52. The lowest BCUT2D eigenvalue weighted by Crippen LogP contribution is -2.30. The second-order valence-electron chi connectivity index (χ2n) is 3.16. The number of ether oxygens (including phenoxy) is 2. The molecule has 0 fully saturated rings. The molecule has 0 spiro atoms. The van der Waals surface area contributed by atoms with Gasteiger partial charge in [-0.3, -0.25) is 10.1 Å². The van der Waals surface area contributed by atoms with Crippen LogP contribution in [-0.2, 0) is 4.74 Å². The van der Waals surface area contributed by atoms with Crippen molar-refractivity contribution in [2.24, 2.45) is 0 Å². The Labute approximate surface area is 108 Å². The van der Waals surface area contributed by atoms with E-state index < -0.39 is 34.9 Å². The number of methoxy groups -OCH3 is 1. The number of nitro benzene ring substituents is 1. The van der Waals surface area contributed by atoms with Crippen molar-refractivity contribution in [2.45, 2.75) is 6.11 Å². The van der Waals surface area contributed by atoms with Gasteiger partial charge in [-0.25, -0.2) is 0 Å². The number of alkyl halides is 2. The molecule has 1 aromatic rings. The molecule has 0 saturated carbocycles. The zero-order chi connectivity index (χ0) is 13.9. The van der Waals surface area contributed by atoms with Crippen molar-refractivity contribution in [3.8, 4) is 5.75 Å². The SMILES string of the molecule is COCC(F)(F)Oc1cc(Br)cc(F)c1[N+](=O)[O-]. The number of nitrogens with zero attached hydrogens (tertiary/aromatic N) is 1. The van der Waals surface area contributed by atoms with Gasteiger partial charge in [0.1, 0.15) is 6.61 Å². The first-order valence-corrected chi connectivity index (χ1v) is 5.25. The van der Waals surface area contributed by atoms with Crippen molar-refractivity contribution in [1.29, 1.82) is 0 Å². The number of benzene rings is 1. The van der Waals surface area contributed by atoms with Gasteiger partial charge in [-0.1, -0.05) is 15.9 Å². The number of nitro groups is 1. The maximum absolute atomic E-state index is 13.3. The fraction of sp³-hybridized carbons (Fsp3) is 0.333. The topological polar surface area (TPSA) is 61.6 Å². The van der Waals surface area contributed by atoms with Crippen LogP contribution in [0.5, 0.6) is 5.75 Å². The van der Waals surface area contributed by atoms with Crippen LogP contribution in [0.3, 0.4) is 0 Å². The van der Waals surface area contributed by atoms with Crippen LogP contribution >= 0.6 is 15.9 Å². The minimum atomic E-state index is -3.80. The highest BCUT2D eigenvalue weighted by Gasteiger charge is 2.36. The molecular weight excluding hydrogens is 323 g/mol. The minimum absolute atomic E-state index is 0.0359.